The van der Waals surface area contributed by atoms with Crippen LogP contribution in [0, 0.1) is 17.3 Å². The molecule has 1 saturated carbocycles. The number of carbonyl (C=O) groups excluding carboxylic acids is 1. The lowest BCUT2D eigenvalue weighted by molar-refractivity contribution is -0.153. The van der Waals surface area contributed by atoms with Crippen LogP contribution in [-0.4, -0.2) is 25.7 Å². The van der Waals surface area contributed by atoms with Gasteiger partial charge >= 0.3 is 5.97 Å². The molecule has 0 aromatic carbocycles. The van der Waals surface area contributed by atoms with Crippen LogP contribution in [0.15, 0.2) is 0 Å². The number of hydrogen-bond acceptors (Lipinski definition) is 3. The van der Waals surface area contributed by atoms with Crippen molar-refractivity contribution in [2.75, 3.05) is 19.7 Å². The van der Waals surface area contributed by atoms with Gasteiger partial charge in [-0.15, -0.1) is 12.4 Å². The molecule has 2 atom stereocenters. The Kier molecular flexibility index (Phi) is 4.62. The lowest BCUT2D eigenvalue weighted by atomic mass is 9.75. The summed E-state index contributed by atoms with van der Waals surface area (Å²) in [4.78, 5) is 11.9. The second-order valence-electron chi connectivity index (χ2n) is 4.95. The zero-order chi connectivity index (χ0) is 10.9. The maximum atomic E-state index is 11.9. The number of ether oxygens (including phenoxy) is 1. The van der Waals surface area contributed by atoms with E-state index in [0.29, 0.717) is 18.4 Å². The Morgan fingerprint density at radius 1 is 1.50 bits per heavy atom. The zero-order valence-corrected chi connectivity index (χ0v) is 10.9. The normalized spacial score (nSPS) is 31.4. The largest absolute Gasteiger partial charge is 0.466 e. The topological polar surface area (TPSA) is 38.3 Å². The second kappa shape index (κ2) is 5.37. The maximum Gasteiger partial charge on any atom is 0.312 e. The highest BCUT2D eigenvalue weighted by atomic mass is 35.5. The smallest absolute Gasteiger partial charge is 0.312 e. The summed E-state index contributed by atoms with van der Waals surface area (Å²) in [7, 11) is 0. The van der Waals surface area contributed by atoms with Crippen molar-refractivity contribution < 1.29 is 9.53 Å². The van der Waals surface area contributed by atoms with E-state index < -0.39 is 0 Å². The van der Waals surface area contributed by atoms with E-state index in [1.807, 2.05) is 6.92 Å². The summed E-state index contributed by atoms with van der Waals surface area (Å²) in [5, 5.41) is 3.38. The summed E-state index contributed by atoms with van der Waals surface area (Å²) >= 11 is 0. The van der Waals surface area contributed by atoms with Gasteiger partial charge in [0.05, 0.1) is 12.0 Å². The van der Waals surface area contributed by atoms with Crippen LogP contribution < -0.4 is 5.32 Å². The molecule has 2 fully saturated rings. The Bertz CT molecular complexity index is 253. The average Bonchev–Trinajstić information content (AvgIpc) is 3.00. The van der Waals surface area contributed by atoms with Crippen molar-refractivity contribution in [2.24, 2.45) is 17.3 Å². The molecule has 0 spiro atoms. The van der Waals surface area contributed by atoms with Gasteiger partial charge in [0.1, 0.15) is 0 Å². The lowest BCUT2D eigenvalue weighted by Gasteiger charge is -2.34. The molecule has 16 heavy (non-hydrogen) atoms. The molecule has 94 valence electrons. The Morgan fingerprint density at radius 3 is 2.69 bits per heavy atom. The van der Waals surface area contributed by atoms with E-state index in [1.165, 1.54) is 0 Å². The van der Waals surface area contributed by atoms with E-state index in [2.05, 4.69) is 12.2 Å². The van der Waals surface area contributed by atoms with Gasteiger partial charge in [-0.1, -0.05) is 6.92 Å². The SMILES string of the molecule is CCOC(=O)C1(C2CCNCC2C)CC1.Cl. The van der Waals surface area contributed by atoms with Crippen LogP contribution in [0.4, 0.5) is 0 Å². The lowest BCUT2D eigenvalue weighted by Crippen LogP contribution is -2.42. The predicted molar refractivity (Wildman–Crippen MR) is 65.7 cm³/mol. The first kappa shape index (κ1) is 13.8. The van der Waals surface area contributed by atoms with Crippen molar-refractivity contribution in [3.8, 4) is 0 Å². The molecule has 0 aromatic heterocycles. The quantitative estimate of drug-likeness (QED) is 0.776. The van der Waals surface area contributed by atoms with E-state index in [-0.39, 0.29) is 23.8 Å². The first-order valence-electron chi connectivity index (χ1n) is 6.08. The number of hydrogen-bond donors (Lipinski definition) is 1. The van der Waals surface area contributed by atoms with E-state index >= 15 is 0 Å². The molecule has 0 amide bonds. The van der Waals surface area contributed by atoms with Crippen LogP contribution in [0.3, 0.4) is 0 Å². The maximum absolute atomic E-state index is 11.9. The monoisotopic (exact) mass is 247 g/mol. The van der Waals surface area contributed by atoms with Crippen molar-refractivity contribution >= 4 is 18.4 Å². The third-order valence-electron chi connectivity index (χ3n) is 3.97. The first-order valence-corrected chi connectivity index (χ1v) is 6.08. The van der Waals surface area contributed by atoms with Crippen molar-refractivity contribution in [2.45, 2.75) is 33.1 Å². The molecule has 2 aliphatic rings. The van der Waals surface area contributed by atoms with E-state index in [9.17, 15) is 4.79 Å². The van der Waals surface area contributed by atoms with Crippen LogP contribution in [0.1, 0.15) is 33.1 Å². The van der Waals surface area contributed by atoms with Crippen LogP contribution in [0.2, 0.25) is 0 Å². The fraction of sp³-hybridized carbons (Fsp3) is 0.917. The summed E-state index contributed by atoms with van der Waals surface area (Å²) in [6, 6.07) is 0. The van der Waals surface area contributed by atoms with E-state index in [0.717, 1.165) is 32.4 Å². The molecule has 3 nitrogen and oxygen atoms in total. The Labute approximate surface area is 104 Å². The number of esters is 1. The first-order chi connectivity index (χ1) is 7.20. The van der Waals surface area contributed by atoms with Crippen LogP contribution in [0.25, 0.3) is 0 Å². The van der Waals surface area contributed by atoms with Gasteiger partial charge in [0.2, 0.25) is 0 Å². The van der Waals surface area contributed by atoms with Gasteiger partial charge in [-0.05, 0) is 51.1 Å². The third kappa shape index (κ3) is 2.35. The summed E-state index contributed by atoms with van der Waals surface area (Å²) in [6.45, 7) is 6.75. The highest BCUT2D eigenvalue weighted by Gasteiger charge is 2.58. The van der Waals surface area contributed by atoms with Crippen molar-refractivity contribution in [3.63, 3.8) is 0 Å². The van der Waals surface area contributed by atoms with Crippen molar-refractivity contribution in [3.05, 3.63) is 0 Å². The summed E-state index contributed by atoms with van der Waals surface area (Å²) in [6.07, 6.45) is 3.21. The standard InChI is InChI=1S/C12H21NO2.ClH/c1-3-15-11(14)12(5-6-12)10-4-7-13-8-9(10)2;/h9-10,13H,3-8H2,1-2H3;1H. The molecule has 1 aliphatic heterocycles. The molecule has 0 radical (unpaired) electrons. The summed E-state index contributed by atoms with van der Waals surface area (Å²) < 4.78 is 5.21. The zero-order valence-electron chi connectivity index (χ0n) is 10.1. The molecular formula is C12H22ClNO2. The average molecular weight is 248 g/mol. The van der Waals surface area contributed by atoms with Crippen molar-refractivity contribution in [1.29, 1.82) is 0 Å². The van der Waals surface area contributed by atoms with Gasteiger partial charge in [-0.25, -0.2) is 0 Å². The minimum Gasteiger partial charge on any atom is -0.466 e. The molecule has 0 aromatic rings. The number of carbonyl (C=O) groups is 1. The minimum atomic E-state index is -0.0997. The summed E-state index contributed by atoms with van der Waals surface area (Å²) in [5.41, 5.74) is -0.0997. The van der Waals surface area contributed by atoms with Gasteiger partial charge in [-0.3, -0.25) is 4.79 Å². The Morgan fingerprint density at radius 2 is 2.19 bits per heavy atom. The van der Waals surface area contributed by atoms with E-state index in [4.69, 9.17) is 4.74 Å². The molecule has 1 saturated heterocycles. The Hall–Kier alpha value is -0.280. The second-order valence-corrected chi connectivity index (χ2v) is 4.95. The van der Waals surface area contributed by atoms with Crippen molar-refractivity contribution in [1.82, 2.24) is 5.32 Å². The highest BCUT2D eigenvalue weighted by Crippen LogP contribution is 2.56. The molecule has 2 rings (SSSR count). The van der Waals surface area contributed by atoms with Gasteiger partial charge in [0, 0.05) is 0 Å². The molecule has 2 unspecified atom stereocenters. The molecule has 1 heterocycles. The fourth-order valence-electron chi connectivity index (χ4n) is 2.97. The number of rotatable bonds is 3. The molecule has 1 aliphatic carbocycles. The van der Waals surface area contributed by atoms with E-state index in [1.54, 1.807) is 0 Å². The molecule has 4 heteroatoms. The fourth-order valence-corrected chi connectivity index (χ4v) is 2.97. The highest BCUT2D eigenvalue weighted by molar-refractivity contribution is 5.85. The summed E-state index contributed by atoms with van der Waals surface area (Å²) in [5.74, 6) is 1.20. The Balaban J connectivity index is 0.00000128. The van der Waals surface area contributed by atoms with Crippen LogP contribution in [-0.2, 0) is 9.53 Å². The number of piperidine rings is 1. The number of halogens is 1. The van der Waals surface area contributed by atoms with Crippen LogP contribution >= 0.6 is 12.4 Å². The predicted octanol–water partition coefficient (Wildman–Crippen LogP) is 2.00. The minimum absolute atomic E-state index is 0. The van der Waals surface area contributed by atoms with Crippen LogP contribution in [0.5, 0.6) is 0 Å². The van der Waals surface area contributed by atoms with Gasteiger partial charge < -0.3 is 10.1 Å². The van der Waals surface area contributed by atoms with Gasteiger partial charge in [0.25, 0.3) is 0 Å². The molecular weight excluding hydrogens is 226 g/mol. The molecule has 0 bridgehead atoms. The van der Waals surface area contributed by atoms with Gasteiger partial charge in [-0.2, -0.15) is 0 Å². The van der Waals surface area contributed by atoms with Gasteiger partial charge in [0.15, 0.2) is 0 Å². The third-order valence-corrected chi connectivity index (χ3v) is 3.97. The number of nitrogens with one attached hydrogen (secondary N) is 1. The molecule has 1 N–H and O–H groups in total.